The van der Waals surface area contributed by atoms with Crippen LogP contribution in [0.25, 0.3) is 5.69 Å². The van der Waals surface area contributed by atoms with E-state index in [1.54, 1.807) is 23.1 Å². The highest BCUT2D eigenvalue weighted by atomic mass is 35.5. The summed E-state index contributed by atoms with van der Waals surface area (Å²) in [5, 5.41) is 7.81. The van der Waals surface area contributed by atoms with E-state index in [-0.39, 0.29) is 11.3 Å². The molecule has 22 heavy (non-hydrogen) atoms. The lowest BCUT2D eigenvalue weighted by molar-refractivity contribution is -0.129. The molecule has 2 heterocycles. The van der Waals surface area contributed by atoms with Crippen LogP contribution in [0.15, 0.2) is 36.7 Å². The van der Waals surface area contributed by atoms with Crippen molar-refractivity contribution < 1.29 is 9.53 Å². The molecular formula is C16H18ClN3O2. The van der Waals surface area contributed by atoms with Gasteiger partial charge in [-0.1, -0.05) is 30.7 Å². The number of rotatable bonds is 3. The molecular weight excluding hydrogens is 302 g/mol. The maximum absolute atomic E-state index is 12.5. The van der Waals surface area contributed by atoms with Crippen LogP contribution in [0.1, 0.15) is 19.8 Å². The van der Waals surface area contributed by atoms with Crippen molar-refractivity contribution >= 4 is 23.2 Å². The topological polar surface area (TPSA) is 56.2 Å². The maximum atomic E-state index is 12.5. The lowest BCUT2D eigenvalue weighted by Gasteiger charge is -2.31. The summed E-state index contributed by atoms with van der Waals surface area (Å²) in [6.45, 7) is 3.23. The zero-order valence-corrected chi connectivity index (χ0v) is 13.1. The van der Waals surface area contributed by atoms with Gasteiger partial charge in [-0.05, 0) is 25.0 Å². The summed E-state index contributed by atoms with van der Waals surface area (Å²) in [5.74, 6) is 0.00880. The minimum atomic E-state index is -0.384. The van der Waals surface area contributed by atoms with Gasteiger partial charge in [0.15, 0.2) is 0 Å². The number of halogens is 1. The number of aromatic nitrogens is 2. The average molecular weight is 320 g/mol. The van der Waals surface area contributed by atoms with Gasteiger partial charge in [0.25, 0.3) is 0 Å². The highest BCUT2D eigenvalue weighted by Crippen LogP contribution is 2.31. The molecule has 1 amide bonds. The van der Waals surface area contributed by atoms with Crippen LogP contribution in [-0.2, 0) is 9.53 Å². The molecule has 5 nitrogen and oxygen atoms in total. The number of benzene rings is 1. The number of nitrogens with zero attached hydrogens (tertiary/aromatic N) is 2. The van der Waals surface area contributed by atoms with Crippen LogP contribution in [0.2, 0.25) is 5.02 Å². The Labute approximate surface area is 134 Å². The Bertz CT molecular complexity index is 678. The molecule has 1 aliphatic rings. The zero-order valence-electron chi connectivity index (χ0n) is 12.4. The quantitative estimate of drug-likeness (QED) is 0.944. The van der Waals surface area contributed by atoms with Crippen molar-refractivity contribution in [3.8, 4) is 5.69 Å². The van der Waals surface area contributed by atoms with E-state index in [1.807, 2.05) is 25.1 Å². The number of nitrogens with one attached hydrogen (secondary N) is 1. The lowest BCUT2D eigenvalue weighted by Crippen LogP contribution is -2.38. The van der Waals surface area contributed by atoms with Gasteiger partial charge in [-0.25, -0.2) is 4.68 Å². The Balaban J connectivity index is 1.74. The molecule has 116 valence electrons. The average Bonchev–Trinajstić information content (AvgIpc) is 2.97. The predicted octanol–water partition coefficient (Wildman–Crippen LogP) is 3.28. The Morgan fingerprint density at radius 1 is 1.36 bits per heavy atom. The summed E-state index contributed by atoms with van der Waals surface area (Å²) in [4.78, 5) is 12.5. The van der Waals surface area contributed by atoms with Gasteiger partial charge < -0.3 is 10.1 Å². The van der Waals surface area contributed by atoms with E-state index >= 15 is 0 Å². The largest absolute Gasteiger partial charge is 0.381 e. The van der Waals surface area contributed by atoms with Crippen LogP contribution in [0, 0.1) is 5.41 Å². The van der Waals surface area contributed by atoms with Crippen molar-refractivity contribution in [2.75, 3.05) is 18.5 Å². The van der Waals surface area contributed by atoms with E-state index in [0.717, 1.165) is 18.5 Å². The van der Waals surface area contributed by atoms with Crippen LogP contribution >= 0.6 is 11.6 Å². The van der Waals surface area contributed by atoms with E-state index in [0.29, 0.717) is 23.9 Å². The van der Waals surface area contributed by atoms with Gasteiger partial charge in [-0.3, -0.25) is 4.79 Å². The van der Waals surface area contributed by atoms with Crippen molar-refractivity contribution in [2.45, 2.75) is 19.8 Å². The number of carbonyl (C=O) groups is 1. The fourth-order valence-corrected chi connectivity index (χ4v) is 2.71. The molecule has 1 aliphatic heterocycles. The van der Waals surface area contributed by atoms with Crippen LogP contribution in [0.3, 0.4) is 0 Å². The molecule has 0 radical (unpaired) electrons. The number of hydrogen-bond acceptors (Lipinski definition) is 3. The molecule has 3 rings (SSSR count). The Kier molecular flexibility index (Phi) is 4.18. The first-order valence-electron chi connectivity index (χ1n) is 7.27. The number of carbonyl (C=O) groups excluding carboxylic acids is 1. The van der Waals surface area contributed by atoms with Gasteiger partial charge >= 0.3 is 0 Å². The molecule has 0 spiro atoms. The first kappa shape index (κ1) is 15.1. The molecule has 1 aromatic carbocycles. The number of hydrogen-bond donors (Lipinski definition) is 1. The normalized spacial score (nSPS) is 17.2. The van der Waals surface area contributed by atoms with E-state index in [4.69, 9.17) is 16.3 Å². The second kappa shape index (κ2) is 6.10. The number of anilines is 1. The summed E-state index contributed by atoms with van der Waals surface area (Å²) in [6.07, 6.45) is 4.86. The second-order valence-electron chi connectivity index (χ2n) is 5.75. The molecule has 0 unspecified atom stereocenters. The molecule has 2 aromatic rings. The first-order chi connectivity index (χ1) is 10.6. The third-order valence-corrected chi connectivity index (χ3v) is 4.40. The molecule has 0 atom stereocenters. The Hall–Kier alpha value is -1.85. The van der Waals surface area contributed by atoms with Crippen molar-refractivity contribution in [2.24, 2.45) is 5.41 Å². The van der Waals surface area contributed by atoms with E-state index in [1.165, 1.54) is 0 Å². The van der Waals surface area contributed by atoms with Crippen LogP contribution in [-0.4, -0.2) is 28.9 Å². The summed E-state index contributed by atoms with van der Waals surface area (Å²) in [7, 11) is 0. The van der Waals surface area contributed by atoms with Gasteiger partial charge in [0.05, 0.1) is 34.2 Å². The summed E-state index contributed by atoms with van der Waals surface area (Å²) >= 11 is 6.16. The monoisotopic (exact) mass is 319 g/mol. The fourth-order valence-electron chi connectivity index (χ4n) is 2.49. The zero-order chi connectivity index (χ0) is 15.6. The van der Waals surface area contributed by atoms with Crippen LogP contribution in [0.4, 0.5) is 5.69 Å². The molecule has 0 aliphatic carbocycles. The van der Waals surface area contributed by atoms with Crippen molar-refractivity contribution in [3.63, 3.8) is 0 Å². The third kappa shape index (κ3) is 3.00. The standard InChI is InChI=1S/C16H18ClN3O2/c1-16(6-8-22-9-7-16)15(21)19-12-10-18-20(11-12)14-5-3-2-4-13(14)17/h2-5,10-11H,6-9H2,1H3,(H,19,21). The molecule has 0 bridgehead atoms. The Morgan fingerprint density at radius 2 is 2.09 bits per heavy atom. The molecule has 1 aromatic heterocycles. The van der Waals surface area contributed by atoms with Gasteiger partial charge in [0.1, 0.15) is 0 Å². The number of para-hydroxylation sites is 1. The number of amides is 1. The highest BCUT2D eigenvalue weighted by Gasteiger charge is 2.35. The van der Waals surface area contributed by atoms with E-state index < -0.39 is 0 Å². The van der Waals surface area contributed by atoms with Crippen molar-refractivity contribution in [1.82, 2.24) is 9.78 Å². The summed E-state index contributed by atoms with van der Waals surface area (Å²) in [5.41, 5.74) is 1.06. The molecule has 6 heteroatoms. The maximum Gasteiger partial charge on any atom is 0.230 e. The molecule has 1 saturated heterocycles. The van der Waals surface area contributed by atoms with Gasteiger partial charge in [0, 0.05) is 13.2 Å². The molecule has 1 N–H and O–H groups in total. The predicted molar refractivity (Wildman–Crippen MR) is 85.4 cm³/mol. The minimum Gasteiger partial charge on any atom is -0.381 e. The second-order valence-corrected chi connectivity index (χ2v) is 6.16. The van der Waals surface area contributed by atoms with Gasteiger partial charge in [0.2, 0.25) is 5.91 Å². The SMILES string of the molecule is CC1(C(=O)Nc2cnn(-c3ccccc3Cl)c2)CCOCC1. The minimum absolute atomic E-state index is 0.00880. The smallest absolute Gasteiger partial charge is 0.230 e. The van der Waals surface area contributed by atoms with E-state index in [2.05, 4.69) is 10.4 Å². The van der Waals surface area contributed by atoms with Gasteiger partial charge in [-0.15, -0.1) is 0 Å². The summed E-state index contributed by atoms with van der Waals surface area (Å²) < 4.78 is 6.99. The fraction of sp³-hybridized carbons (Fsp3) is 0.375. The lowest BCUT2D eigenvalue weighted by atomic mass is 9.81. The highest BCUT2D eigenvalue weighted by molar-refractivity contribution is 6.32. The van der Waals surface area contributed by atoms with E-state index in [9.17, 15) is 4.79 Å². The van der Waals surface area contributed by atoms with Gasteiger partial charge in [-0.2, -0.15) is 5.10 Å². The van der Waals surface area contributed by atoms with Crippen molar-refractivity contribution in [3.05, 3.63) is 41.7 Å². The van der Waals surface area contributed by atoms with Crippen LogP contribution in [0.5, 0.6) is 0 Å². The molecule has 0 saturated carbocycles. The van der Waals surface area contributed by atoms with Crippen molar-refractivity contribution in [1.29, 1.82) is 0 Å². The first-order valence-corrected chi connectivity index (χ1v) is 7.65. The Morgan fingerprint density at radius 3 is 2.82 bits per heavy atom. The molecule has 1 fully saturated rings. The van der Waals surface area contributed by atoms with Crippen LogP contribution < -0.4 is 5.32 Å². The third-order valence-electron chi connectivity index (χ3n) is 4.08. The number of ether oxygens (including phenoxy) is 1. The summed E-state index contributed by atoms with van der Waals surface area (Å²) in [6, 6.07) is 7.44.